The van der Waals surface area contributed by atoms with E-state index in [9.17, 15) is 0 Å². The normalized spacial score (nSPS) is 12.9. The first-order valence-corrected chi connectivity index (χ1v) is 5.56. The summed E-state index contributed by atoms with van der Waals surface area (Å²) in [7, 11) is 0. The lowest BCUT2D eigenvalue weighted by atomic mass is 10.2. The lowest BCUT2D eigenvalue weighted by molar-refractivity contribution is 0.661. The van der Waals surface area contributed by atoms with Crippen LogP contribution < -0.4 is 11.1 Å². The lowest BCUT2D eigenvalue weighted by Crippen LogP contribution is -2.17. The molecule has 5 heteroatoms. The molecule has 86 valence electrons. The van der Waals surface area contributed by atoms with Gasteiger partial charge in [0.25, 0.3) is 0 Å². The smallest absolute Gasteiger partial charge is 0.157 e. The summed E-state index contributed by atoms with van der Waals surface area (Å²) in [5, 5.41) is 7.45. The van der Waals surface area contributed by atoms with E-state index in [1.807, 2.05) is 18.3 Å². The Kier molecular flexibility index (Phi) is 3.36. The first kappa shape index (κ1) is 10.9. The van der Waals surface area contributed by atoms with Crippen LogP contribution in [0.2, 0.25) is 0 Å². The van der Waals surface area contributed by atoms with Crippen LogP contribution in [0.1, 0.15) is 19.8 Å². The fourth-order valence-corrected chi connectivity index (χ4v) is 1.64. The third-order valence-electron chi connectivity index (χ3n) is 2.49. The zero-order chi connectivity index (χ0) is 11.4. The molecule has 3 N–H and O–H groups in total. The van der Waals surface area contributed by atoms with Gasteiger partial charge in [-0.2, -0.15) is 5.10 Å². The molecule has 0 aliphatic carbocycles. The van der Waals surface area contributed by atoms with Gasteiger partial charge < -0.3 is 11.1 Å². The van der Waals surface area contributed by atoms with Crippen molar-refractivity contribution in [2.24, 2.45) is 5.73 Å². The summed E-state index contributed by atoms with van der Waals surface area (Å²) in [4.78, 5) is 4.44. The maximum atomic E-state index is 5.48. The molecule has 2 aromatic heterocycles. The molecule has 0 radical (unpaired) electrons. The zero-order valence-corrected chi connectivity index (χ0v) is 9.43. The van der Waals surface area contributed by atoms with Gasteiger partial charge in [-0.1, -0.05) is 0 Å². The molecular weight excluding hydrogens is 202 g/mol. The highest BCUT2D eigenvalue weighted by atomic mass is 15.2. The molecule has 0 spiro atoms. The molecule has 0 fully saturated rings. The molecule has 2 rings (SSSR count). The van der Waals surface area contributed by atoms with Crippen molar-refractivity contribution < 1.29 is 0 Å². The van der Waals surface area contributed by atoms with Crippen LogP contribution in [0.25, 0.3) is 5.65 Å². The SMILES string of the molecule is CC(CCCN)Nc1ccn2nccc2n1. The zero-order valence-electron chi connectivity index (χ0n) is 9.43. The summed E-state index contributed by atoms with van der Waals surface area (Å²) in [6.45, 7) is 2.87. The summed E-state index contributed by atoms with van der Waals surface area (Å²) in [5.41, 5.74) is 6.33. The van der Waals surface area contributed by atoms with Gasteiger partial charge in [-0.15, -0.1) is 0 Å². The first-order valence-electron chi connectivity index (χ1n) is 5.56. The van der Waals surface area contributed by atoms with Crippen LogP contribution in [-0.2, 0) is 0 Å². The Labute approximate surface area is 94.7 Å². The molecule has 2 aromatic rings. The molecule has 1 unspecified atom stereocenters. The summed E-state index contributed by atoms with van der Waals surface area (Å²) >= 11 is 0. The van der Waals surface area contributed by atoms with E-state index in [0.717, 1.165) is 30.9 Å². The van der Waals surface area contributed by atoms with Gasteiger partial charge in [-0.25, -0.2) is 9.50 Å². The number of nitrogens with zero attached hydrogens (tertiary/aromatic N) is 3. The van der Waals surface area contributed by atoms with Crippen molar-refractivity contribution >= 4 is 11.5 Å². The number of anilines is 1. The summed E-state index contributed by atoms with van der Waals surface area (Å²) in [6, 6.07) is 4.20. The highest BCUT2D eigenvalue weighted by Gasteiger charge is 2.03. The average Bonchev–Trinajstić information content (AvgIpc) is 2.73. The van der Waals surface area contributed by atoms with Crippen LogP contribution in [0.15, 0.2) is 24.5 Å². The van der Waals surface area contributed by atoms with Crippen LogP contribution in [0.3, 0.4) is 0 Å². The molecule has 0 aromatic carbocycles. The second kappa shape index (κ2) is 4.94. The quantitative estimate of drug-likeness (QED) is 0.794. The predicted molar refractivity (Wildman–Crippen MR) is 64.4 cm³/mol. The number of hydrogen-bond acceptors (Lipinski definition) is 4. The summed E-state index contributed by atoms with van der Waals surface area (Å²) < 4.78 is 1.75. The second-order valence-electron chi connectivity index (χ2n) is 3.92. The standard InChI is InChI=1S/C11H17N5/c1-9(3-2-6-12)14-10-5-8-16-11(15-10)4-7-13-16/h4-5,7-9H,2-3,6,12H2,1H3,(H,14,15). The van der Waals surface area contributed by atoms with Gasteiger partial charge in [-0.05, 0) is 32.4 Å². The highest BCUT2D eigenvalue weighted by molar-refractivity contribution is 5.45. The Balaban J connectivity index is 2.03. The molecule has 0 amide bonds. The Morgan fingerprint density at radius 1 is 1.50 bits per heavy atom. The number of nitrogens with one attached hydrogen (secondary N) is 1. The van der Waals surface area contributed by atoms with Crippen LogP contribution in [0.4, 0.5) is 5.82 Å². The maximum Gasteiger partial charge on any atom is 0.157 e. The van der Waals surface area contributed by atoms with Gasteiger partial charge in [0.1, 0.15) is 5.82 Å². The molecule has 5 nitrogen and oxygen atoms in total. The van der Waals surface area contributed by atoms with Crippen LogP contribution >= 0.6 is 0 Å². The van der Waals surface area contributed by atoms with Gasteiger partial charge in [0.05, 0.1) is 6.20 Å². The van der Waals surface area contributed by atoms with Gasteiger partial charge >= 0.3 is 0 Å². The average molecular weight is 219 g/mol. The van der Waals surface area contributed by atoms with Crippen molar-refractivity contribution in [2.75, 3.05) is 11.9 Å². The minimum atomic E-state index is 0.390. The highest BCUT2D eigenvalue weighted by Crippen LogP contribution is 2.09. The Morgan fingerprint density at radius 2 is 2.38 bits per heavy atom. The molecule has 1 atom stereocenters. The molecule has 16 heavy (non-hydrogen) atoms. The minimum Gasteiger partial charge on any atom is -0.368 e. The largest absolute Gasteiger partial charge is 0.368 e. The van der Waals surface area contributed by atoms with Gasteiger partial charge in [-0.3, -0.25) is 0 Å². The van der Waals surface area contributed by atoms with E-state index in [0.29, 0.717) is 6.04 Å². The molecule has 2 heterocycles. The van der Waals surface area contributed by atoms with E-state index >= 15 is 0 Å². The fraction of sp³-hybridized carbons (Fsp3) is 0.455. The van der Waals surface area contributed by atoms with Gasteiger partial charge in [0.2, 0.25) is 0 Å². The lowest BCUT2D eigenvalue weighted by Gasteiger charge is -2.13. The van der Waals surface area contributed by atoms with Crippen molar-refractivity contribution in [3.8, 4) is 0 Å². The third-order valence-corrected chi connectivity index (χ3v) is 2.49. The number of fused-ring (bicyclic) bond motifs is 1. The third kappa shape index (κ3) is 2.49. The van der Waals surface area contributed by atoms with Gasteiger partial charge in [0, 0.05) is 18.3 Å². The fourth-order valence-electron chi connectivity index (χ4n) is 1.64. The summed E-state index contributed by atoms with van der Waals surface area (Å²) in [6.07, 6.45) is 5.73. The molecular formula is C11H17N5. The van der Waals surface area contributed by atoms with E-state index in [2.05, 4.69) is 22.3 Å². The molecule has 0 aliphatic rings. The van der Waals surface area contributed by atoms with Crippen LogP contribution in [0, 0.1) is 0 Å². The predicted octanol–water partition coefficient (Wildman–Crippen LogP) is 1.27. The van der Waals surface area contributed by atoms with Crippen molar-refractivity contribution in [1.82, 2.24) is 14.6 Å². The molecule has 0 bridgehead atoms. The number of hydrogen-bond donors (Lipinski definition) is 2. The number of aromatic nitrogens is 3. The van der Waals surface area contributed by atoms with Crippen molar-refractivity contribution in [3.63, 3.8) is 0 Å². The van der Waals surface area contributed by atoms with E-state index in [4.69, 9.17) is 5.73 Å². The Hall–Kier alpha value is -1.62. The van der Waals surface area contributed by atoms with Crippen molar-refractivity contribution in [3.05, 3.63) is 24.5 Å². The van der Waals surface area contributed by atoms with E-state index in [1.54, 1.807) is 10.7 Å². The minimum absolute atomic E-state index is 0.390. The number of rotatable bonds is 5. The maximum absolute atomic E-state index is 5.48. The van der Waals surface area contributed by atoms with E-state index in [1.165, 1.54) is 0 Å². The second-order valence-corrected chi connectivity index (χ2v) is 3.92. The Morgan fingerprint density at radius 3 is 3.19 bits per heavy atom. The summed E-state index contributed by atoms with van der Waals surface area (Å²) in [5.74, 6) is 0.887. The van der Waals surface area contributed by atoms with Crippen LogP contribution in [0.5, 0.6) is 0 Å². The van der Waals surface area contributed by atoms with Crippen molar-refractivity contribution in [2.45, 2.75) is 25.8 Å². The monoisotopic (exact) mass is 219 g/mol. The van der Waals surface area contributed by atoms with E-state index in [-0.39, 0.29) is 0 Å². The topological polar surface area (TPSA) is 68.2 Å². The molecule has 0 saturated carbocycles. The van der Waals surface area contributed by atoms with Crippen LogP contribution in [-0.4, -0.2) is 27.2 Å². The van der Waals surface area contributed by atoms with E-state index < -0.39 is 0 Å². The van der Waals surface area contributed by atoms with Crippen molar-refractivity contribution in [1.29, 1.82) is 0 Å². The number of nitrogens with two attached hydrogens (primary N) is 1. The Bertz CT molecular complexity index is 450. The van der Waals surface area contributed by atoms with Gasteiger partial charge in [0.15, 0.2) is 5.65 Å². The first-order chi connectivity index (χ1) is 7.79. The molecule has 0 aliphatic heterocycles. The molecule has 0 saturated heterocycles.